The number of anilines is 1. The van der Waals surface area contributed by atoms with Gasteiger partial charge in [-0.25, -0.2) is 4.98 Å². The summed E-state index contributed by atoms with van der Waals surface area (Å²) in [5, 5.41) is 8.82. The van der Waals surface area contributed by atoms with Crippen molar-refractivity contribution in [2.45, 2.75) is 57.2 Å². The molecule has 2 aliphatic rings. The molecule has 6 nitrogen and oxygen atoms in total. The minimum absolute atomic E-state index is 0.0165. The first-order chi connectivity index (χ1) is 16.8. The quantitative estimate of drug-likeness (QED) is 0.539. The Morgan fingerprint density at radius 3 is 2.43 bits per heavy atom. The van der Waals surface area contributed by atoms with Gasteiger partial charge in [-0.15, -0.1) is 0 Å². The number of hydrogen-bond acceptors (Lipinski definition) is 5. The van der Waals surface area contributed by atoms with Crippen LogP contribution in [-0.4, -0.2) is 53.7 Å². The average molecular weight is 492 g/mol. The van der Waals surface area contributed by atoms with Gasteiger partial charge in [0.25, 0.3) is 0 Å². The zero-order valence-corrected chi connectivity index (χ0v) is 19.8. The topological polar surface area (TPSA) is 65.9 Å². The number of piperazine rings is 1. The normalized spacial score (nSPS) is 18.0. The van der Waals surface area contributed by atoms with Crippen LogP contribution in [0.15, 0.2) is 36.5 Å². The first kappa shape index (κ1) is 25.3. The molecule has 1 aliphatic heterocycles. The fraction of sp³-hybridized carbons (Fsp3) is 0.538. The summed E-state index contributed by atoms with van der Waals surface area (Å²) in [5.74, 6) is -0.454. The largest absolute Gasteiger partial charge is 0.481 e. The van der Waals surface area contributed by atoms with Gasteiger partial charge in [-0.05, 0) is 42.0 Å². The Bertz CT molecular complexity index is 984. The van der Waals surface area contributed by atoms with E-state index in [1.165, 1.54) is 6.07 Å². The number of ether oxygens (including phenoxy) is 1. The molecule has 2 fully saturated rings. The lowest BCUT2D eigenvalue weighted by Crippen LogP contribution is -2.46. The number of halogens is 3. The molecule has 35 heavy (non-hydrogen) atoms. The second-order valence-corrected chi connectivity index (χ2v) is 9.37. The first-order valence-corrected chi connectivity index (χ1v) is 12.3. The number of aromatic nitrogens is 1. The lowest BCUT2D eigenvalue weighted by molar-refractivity contribution is -0.139. The fourth-order valence-corrected chi connectivity index (χ4v) is 4.99. The molecular weight excluding hydrogens is 459 g/mol. The van der Waals surface area contributed by atoms with Gasteiger partial charge in [0.15, 0.2) is 0 Å². The minimum Gasteiger partial charge on any atom is -0.481 e. The van der Waals surface area contributed by atoms with E-state index in [9.17, 15) is 18.0 Å². The molecule has 0 radical (unpaired) electrons. The smallest absolute Gasteiger partial charge is 0.416 e. The molecule has 0 atom stereocenters. The zero-order valence-electron chi connectivity index (χ0n) is 19.8. The summed E-state index contributed by atoms with van der Waals surface area (Å²) >= 11 is 0. The molecule has 1 aromatic heterocycles. The molecule has 1 aromatic carbocycles. The van der Waals surface area contributed by atoms with Crippen molar-refractivity contribution >= 4 is 11.7 Å². The number of carboxylic acids is 1. The molecule has 0 spiro atoms. The van der Waals surface area contributed by atoms with Gasteiger partial charge in [-0.3, -0.25) is 9.69 Å². The van der Waals surface area contributed by atoms with Crippen molar-refractivity contribution in [1.82, 2.24) is 9.88 Å². The Kier molecular flexibility index (Phi) is 8.15. The van der Waals surface area contributed by atoms with Crippen molar-refractivity contribution in [3.8, 4) is 5.88 Å². The van der Waals surface area contributed by atoms with Crippen LogP contribution in [0.3, 0.4) is 0 Å². The van der Waals surface area contributed by atoms with Crippen LogP contribution in [0.4, 0.5) is 18.9 Å². The summed E-state index contributed by atoms with van der Waals surface area (Å²) in [4.78, 5) is 19.4. The number of benzene rings is 1. The van der Waals surface area contributed by atoms with E-state index in [1.807, 2.05) is 6.07 Å². The molecular formula is C26H32F3N3O3. The third-order valence-electron chi connectivity index (χ3n) is 6.95. The molecule has 1 aliphatic carbocycles. The van der Waals surface area contributed by atoms with Crippen molar-refractivity contribution in [2.75, 3.05) is 37.6 Å². The van der Waals surface area contributed by atoms with Crippen molar-refractivity contribution < 1.29 is 27.8 Å². The summed E-state index contributed by atoms with van der Waals surface area (Å²) in [6, 6.07) is 8.21. The molecule has 4 rings (SSSR count). The number of rotatable bonds is 8. The summed E-state index contributed by atoms with van der Waals surface area (Å²) in [7, 11) is 0. The monoisotopic (exact) mass is 491 g/mol. The van der Waals surface area contributed by atoms with Crippen molar-refractivity contribution in [1.29, 1.82) is 0 Å². The molecule has 9 heteroatoms. The molecule has 0 unspecified atom stereocenters. The number of pyridine rings is 1. The Balaban J connectivity index is 1.34. The highest BCUT2D eigenvalue weighted by atomic mass is 19.4. The highest BCUT2D eigenvalue weighted by Crippen LogP contribution is 2.41. The minimum atomic E-state index is -4.39. The van der Waals surface area contributed by atoms with E-state index in [4.69, 9.17) is 9.84 Å². The Morgan fingerprint density at radius 2 is 1.80 bits per heavy atom. The van der Waals surface area contributed by atoms with E-state index in [0.717, 1.165) is 64.0 Å². The Hall–Kier alpha value is -2.81. The third-order valence-corrected chi connectivity index (χ3v) is 6.95. The van der Waals surface area contributed by atoms with Crippen LogP contribution in [0.5, 0.6) is 5.88 Å². The first-order valence-electron chi connectivity index (χ1n) is 12.3. The van der Waals surface area contributed by atoms with E-state index in [-0.39, 0.29) is 18.9 Å². The van der Waals surface area contributed by atoms with Crippen LogP contribution < -0.4 is 9.64 Å². The van der Waals surface area contributed by atoms with E-state index in [2.05, 4.69) is 14.8 Å². The highest BCUT2D eigenvalue weighted by Gasteiger charge is 2.35. The second-order valence-electron chi connectivity index (χ2n) is 9.37. The predicted molar refractivity (Wildman–Crippen MR) is 127 cm³/mol. The van der Waals surface area contributed by atoms with E-state index in [0.29, 0.717) is 23.6 Å². The molecule has 1 saturated carbocycles. The van der Waals surface area contributed by atoms with Crippen molar-refractivity contribution in [2.24, 2.45) is 0 Å². The van der Waals surface area contributed by atoms with Crippen LogP contribution in [0.1, 0.15) is 61.1 Å². The van der Waals surface area contributed by atoms with Gasteiger partial charge in [0.05, 0.1) is 23.9 Å². The molecule has 0 amide bonds. The lowest BCUT2D eigenvalue weighted by Gasteiger charge is -2.35. The van der Waals surface area contributed by atoms with Crippen LogP contribution >= 0.6 is 0 Å². The fourth-order valence-electron chi connectivity index (χ4n) is 4.99. The van der Waals surface area contributed by atoms with Crippen LogP contribution in [0.25, 0.3) is 0 Å². The number of hydrogen-bond donors (Lipinski definition) is 1. The van der Waals surface area contributed by atoms with Gasteiger partial charge in [0.1, 0.15) is 6.61 Å². The summed E-state index contributed by atoms with van der Waals surface area (Å²) in [5.41, 5.74) is 1.27. The Labute approximate surface area is 203 Å². The van der Waals surface area contributed by atoms with Crippen LogP contribution in [0.2, 0.25) is 0 Å². The van der Waals surface area contributed by atoms with Gasteiger partial charge < -0.3 is 14.7 Å². The molecule has 0 bridgehead atoms. The van der Waals surface area contributed by atoms with Crippen molar-refractivity contribution in [3.05, 3.63) is 53.2 Å². The number of carboxylic acid groups (broad SMARTS) is 1. The maximum atomic E-state index is 13.8. The number of carbonyl (C=O) groups is 1. The van der Waals surface area contributed by atoms with Gasteiger partial charge in [-0.1, -0.05) is 31.4 Å². The Morgan fingerprint density at radius 1 is 1.06 bits per heavy atom. The van der Waals surface area contributed by atoms with E-state index in [1.54, 1.807) is 24.4 Å². The maximum absolute atomic E-state index is 13.8. The van der Waals surface area contributed by atoms with Crippen LogP contribution in [0, 0.1) is 0 Å². The summed E-state index contributed by atoms with van der Waals surface area (Å²) in [6.07, 6.45) is 2.14. The summed E-state index contributed by atoms with van der Waals surface area (Å²) in [6.45, 7) is 3.67. The zero-order chi connectivity index (χ0) is 24.8. The number of alkyl halides is 3. The van der Waals surface area contributed by atoms with Crippen LogP contribution in [-0.2, 0) is 17.6 Å². The number of aliphatic carboxylic acids is 1. The molecule has 2 aromatic rings. The number of nitrogens with zero attached hydrogens (tertiary/aromatic N) is 3. The SMILES string of the molecule is O=C(O)CCN1CCN(c2ccc(OCc3ccc(C4CCCCC4)c(C(F)(F)F)c3)nc2)CC1. The van der Waals surface area contributed by atoms with Gasteiger partial charge in [0.2, 0.25) is 5.88 Å². The second kappa shape index (κ2) is 11.3. The van der Waals surface area contributed by atoms with E-state index < -0.39 is 17.7 Å². The van der Waals surface area contributed by atoms with Gasteiger partial charge in [0, 0.05) is 38.8 Å². The third kappa shape index (κ3) is 6.87. The lowest BCUT2D eigenvalue weighted by atomic mass is 9.81. The molecule has 1 saturated heterocycles. The standard InChI is InChI=1S/C26H32F3N3O3/c27-26(28,29)23-16-19(6-8-22(23)20-4-2-1-3-5-20)18-35-24-9-7-21(17-30-24)32-14-12-31(13-15-32)11-10-25(33)34/h6-9,16-17,20H,1-5,10-15,18H2,(H,33,34). The average Bonchev–Trinajstić information content (AvgIpc) is 2.87. The summed E-state index contributed by atoms with van der Waals surface area (Å²) < 4.78 is 47.0. The van der Waals surface area contributed by atoms with Crippen molar-refractivity contribution in [3.63, 3.8) is 0 Å². The maximum Gasteiger partial charge on any atom is 0.416 e. The molecule has 1 N–H and O–H groups in total. The highest BCUT2D eigenvalue weighted by molar-refractivity contribution is 5.66. The van der Waals surface area contributed by atoms with Gasteiger partial charge in [-0.2, -0.15) is 13.2 Å². The van der Waals surface area contributed by atoms with E-state index >= 15 is 0 Å². The predicted octanol–water partition coefficient (Wildman–Crippen LogP) is 5.32. The molecule has 190 valence electrons. The van der Waals surface area contributed by atoms with Gasteiger partial charge >= 0.3 is 12.1 Å². The molecule has 2 heterocycles.